The first-order valence-electron chi connectivity index (χ1n) is 10.3. The number of piperidine rings is 1. The molecule has 1 unspecified atom stereocenters. The molecule has 1 aromatic heterocycles. The largest absolute Gasteiger partial charge is 0.444 e. The molecule has 0 radical (unpaired) electrons. The first kappa shape index (κ1) is 22.6. The van der Waals surface area contributed by atoms with Gasteiger partial charge in [0.25, 0.3) is 0 Å². The molecule has 0 saturated carbocycles. The summed E-state index contributed by atoms with van der Waals surface area (Å²) >= 11 is 1.36. The monoisotopic (exact) mass is 435 g/mol. The number of halogens is 1. The van der Waals surface area contributed by atoms with Gasteiger partial charge in [-0.1, -0.05) is 12.1 Å². The number of likely N-dealkylation sites (tertiary alicyclic amines) is 1. The zero-order valence-electron chi connectivity index (χ0n) is 18.3. The zero-order chi connectivity index (χ0) is 21.9. The van der Waals surface area contributed by atoms with E-state index in [2.05, 4.69) is 17.1 Å². The molecule has 2 heterocycles. The second kappa shape index (κ2) is 9.37. The second-order valence-electron chi connectivity index (χ2n) is 8.85. The molecule has 164 valence electrons. The van der Waals surface area contributed by atoms with Gasteiger partial charge < -0.3 is 14.2 Å². The summed E-state index contributed by atoms with van der Waals surface area (Å²) in [6.07, 6.45) is 4.35. The quantitative estimate of drug-likeness (QED) is 0.558. The van der Waals surface area contributed by atoms with E-state index in [9.17, 15) is 9.18 Å². The lowest BCUT2D eigenvalue weighted by molar-refractivity contribution is 0.0178. The molecule has 2 aromatic rings. The standard InChI is InChI=1S/C22H30FN3O3S/c1-14(12-15-8-10-26(11-9-15)21(27)28-22(2,3)4)20-24-19(25-29-20)16-6-7-18(30-5)17(23)13-16/h6-7,13-15H,8-12H2,1-5H3. The van der Waals surface area contributed by atoms with Crippen LogP contribution in [0.15, 0.2) is 27.6 Å². The maximum atomic E-state index is 14.0. The molecular formula is C22H30FN3O3S. The van der Waals surface area contributed by atoms with Crippen LogP contribution < -0.4 is 0 Å². The predicted molar refractivity (Wildman–Crippen MR) is 115 cm³/mol. The molecule has 1 amide bonds. The molecule has 8 heteroatoms. The summed E-state index contributed by atoms with van der Waals surface area (Å²) in [7, 11) is 0. The fourth-order valence-corrected chi connectivity index (χ4v) is 4.09. The van der Waals surface area contributed by atoms with Gasteiger partial charge >= 0.3 is 6.09 Å². The Balaban J connectivity index is 1.54. The first-order chi connectivity index (χ1) is 14.2. The Kier molecular flexibility index (Phi) is 7.06. The second-order valence-corrected chi connectivity index (χ2v) is 9.70. The maximum Gasteiger partial charge on any atom is 0.410 e. The number of hydrogen-bond donors (Lipinski definition) is 0. The van der Waals surface area contributed by atoms with Crippen LogP contribution in [0.3, 0.4) is 0 Å². The molecular weight excluding hydrogens is 405 g/mol. The number of benzene rings is 1. The van der Waals surface area contributed by atoms with Crippen LogP contribution >= 0.6 is 11.8 Å². The number of ether oxygens (including phenoxy) is 1. The van der Waals surface area contributed by atoms with Gasteiger partial charge in [0.05, 0.1) is 0 Å². The third kappa shape index (κ3) is 5.74. The molecule has 1 atom stereocenters. The lowest BCUT2D eigenvalue weighted by Gasteiger charge is -2.34. The van der Waals surface area contributed by atoms with Gasteiger partial charge in [-0.05, 0) is 70.4 Å². The normalized spacial score (nSPS) is 16.5. The average molecular weight is 436 g/mol. The van der Waals surface area contributed by atoms with Crippen molar-refractivity contribution in [1.29, 1.82) is 0 Å². The lowest BCUT2D eigenvalue weighted by Crippen LogP contribution is -2.41. The number of amides is 1. The van der Waals surface area contributed by atoms with Crippen LogP contribution in [0.5, 0.6) is 0 Å². The number of nitrogens with zero attached hydrogens (tertiary/aromatic N) is 3. The number of hydrogen-bond acceptors (Lipinski definition) is 6. The maximum absolute atomic E-state index is 14.0. The predicted octanol–water partition coefficient (Wildman–Crippen LogP) is 5.74. The van der Waals surface area contributed by atoms with E-state index in [1.807, 2.05) is 27.0 Å². The van der Waals surface area contributed by atoms with Gasteiger partial charge in [0, 0.05) is 29.5 Å². The van der Waals surface area contributed by atoms with Gasteiger partial charge in [-0.25, -0.2) is 9.18 Å². The molecule has 30 heavy (non-hydrogen) atoms. The van der Waals surface area contributed by atoms with Crippen molar-refractivity contribution in [2.24, 2.45) is 5.92 Å². The Morgan fingerprint density at radius 1 is 1.37 bits per heavy atom. The number of aromatic nitrogens is 2. The third-order valence-corrected chi connectivity index (χ3v) is 6.00. The summed E-state index contributed by atoms with van der Waals surface area (Å²) in [5.74, 6) is 1.26. The van der Waals surface area contributed by atoms with Gasteiger partial charge in [0.2, 0.25) is 11.7 Å². The van der Waals surface area contributed by atoms with Crippen molar-refractivity contribution in [2.75, 3.05) is 19.3 Å². The molecule has 0 spiro atoms. The molecule has 1 saturated heterocycles. The van der Waals surface area contributed by atoms with Crippen molar-refractivity contribution in [3.63, 3.8) is 0 Å². The van der Waals surface area contributed by atoms with Crippen molar-refractivity contribution >= 4 is 17.9 Å². The van der Waals surface area contributed by atoms with E-state index in [0.29, 0.717) is 41.2 Å². The van der Waals surface area contributed by atoms with Gasteiger partial charge in [-0.3, -0.25) is 0 Å². The highest BCUT2D eigenvalue weighted by Gasteiger charge is 2.28. The Morgan fingerprint density at radius 2 is 2.07 bits per heavy atom. The van der Waals surface area contributed by atoms with Gasteiger partial charge in [-0.2, -0.15) is 4.98 Å². The first-order valence-corrected chi connectivity index (χ1v) is 11.5. The summed E-state index contributed by atoms with van der Waals surface area (Å²) in [4.78, 5) is 19.1. The third-order valence-electron chi connectivity index (χ3n) is 5.23. The highest BCUT2D eigenvalue weighted by atomic mass is 32.2. The zero-order valence-corrected chi connectivity index (χ0v) is 19.1. The Bertz CT molecular complexity index is 873. The van der Waals surface area contributed by atoms with Gasteiger partial charge in [0.1, 0.15) is 11.4 Å². The number of thioether (sulfide) groups is 1. The van der Waals surface area contributed by atoms with E-state index < -0.39 is 5.60 Å². The Morgan fingerprint density at radius 3 is 2.67 bits per heavy atom. The van der Waals surface area contributed by atoms with E-state index in [1.54, 1.807) is 17.0 Å². The minimum atomic E-state index is -0.475. The van der Waals surface area contributed by atoms with Crippen LogP contribution in [-0.2, 0) is 4.74 Å². The molecule has 0 bridgehead atoms. The van der Waals surface area contributed by atoms with E-state index in [4.69, 9.17) is 9.26 Å². The van der Waals surface area contributed by atoms with Crippen LogP contribution in [0, 0.1) is 11.7 Å². The highest BCUT2D eigenvalue weighted by Crippen LogP contribution is 2.31. The Hall–Kier alpha value is -2.09. The summed E-state index contributed by atoms with van der Waals surface area (Å²) < 4.78 is 25.0. The SMILES string of the molecule is CSc1ccc(-c2noc(C(C)CC3CCN(C(=O)OC(C)(C)C)CC3)n2)cc1F. The fraction of sp³-hybridized carbons (Fsp3) is 0.591. The van der Waals surface area contributed by atoms with Crippen LogP contribution in [0.4, 0.5) is 9.18 Å². The molecule has 0 N–H and O–H groups in total. The lowest BCUT2D eigenvalue weighted by atomic mass is 9.88. The minimum Gasteiger partial charge on any atom is -0.444 e. The van der Waals surface area contributed by atoms with Crippen LogP contribution in [0.25, 0.3) is 11.4 Å². The molecule has 0 aliphatic carbocycles. The average Bonchev–Trinajstić information content (AvgIpc) is 3.17. The van der Waals surface area contributed by atoms with E-state index in [-0.39, 0.29) is 17.8 Å². The van der Waals surface area contributed by atoms with Gasteiger partial charge in [-0.15, -0.1) is 11.8 Å². The topological polar surface area (TPSA) is 68.5 Å². The highest BCUT2D eigenvalue weighted by molar-refractivity contribution is 7.98. The van der Waals surface area contributed by atoms with Crippen molar-refractivity contribution in [3.05, 3.63) is 29.9 Å². The minimum absolute atomic E-state index is 0.0969. The number of rotatable bonds is 5. The molecule has 3 rings (SSSR count). The van der Waals surface area contributed by atoms with Gasteiger partial charge in [0.15, 0.2) is 0 Å². The molecule has 1 fully saturated rings. The van der Waals surface area contributed by atoms with E-state index in [1.165, 1.54) is 17.8 Å². The molecule has 1 aliphatic rings. The van der Waals surface area contributed by atoms with Crippen LogP contribution in [-0.4, -0.2) is 46.1 Å². The molecule has 6 nitrogen and oxygen atoms in total. The van der Waals surface area contributed by atoms with E-state index in [0.717, 1.165) is 19.3 Å². The van der Waals surface area contributed by atoms with Crippen molar-refractivity contribution in [1.82, 2.24) is 15.0 Å². The molecule has 1 aromatic carbocycles. The number of carbonyl (C=O) groups is 1. The van der Waals surface area contributed by atoms with Crippen molar-refractivity contribution in [2.45, 2.75) is 63.4 Å². The van der Waals surface area contributed by atoms with Crippen LogP contribution in [0.1, 0.15) is 58.8 Å². The number of carbonyl (C=O) groups excluding carboxylic acids is 1. The Labute approximate surface area is 181 Å². The summed E-state index contributed by atoms with van der Waals surface area (Å²) in [6, 6.07) is 4.98. The van der Waals surface area contributed by atoms with Crippen LogP contribution in [0.2, 0.25) is 0 Å². The van der Waals surface area contributed by atoms with Crippen molar-refractivity contribution in [3.8, 4) is 11.4 Å². The smallest absolute Gasteiger partial charge is 0.410 e. The summed E-state index contributed by atoms with van der Waals surface area (Å²) in [5, 5.41) is 4.04. The molecule has 1 aliphatic heterocycles. The van der Waals surface area contributed by atoms with E-state index >= 15 is 0 Å². The van der Waals surface area contributed by atoms with Crippen molar-refractivity contribution < 1.29 is 18.4 Å². The fourth-order valence-electron chi connectivity index (χ4n) is 3.64. The summed E-state index contributed by atoms with van der Waals surface area (Å²) in [5.41, 5.74) is 0.134. The summed E-state index contributed by atoms with van der Waals surface area (Å²) in [6.45, 7) is 9.09.